The van der Waals surface area contributed by atoms with Gasteiger partial charge in [0.25, 0.3) is 0 Å². The van der Waals surface area contributed by atoms with Crippen molar-refractivity contribution >= 4 is 5.91 Å². The number of rotatable bonds is 4. The fourth-order valence-corrected chi connectivity index (χ4v) is 3.28. The van der Waals surface area contributed by atoms with Crippen LogP contribution >= 0.6 is 0 Å². The molecule has 1 saturated heterocycles. The molecular weight excluding hydrogens is 238 g/mol. The van der Waals surface area contributed by atoms with Crippen LogP contribution in [0.2, 0.25) is 0 Å². The number of hydrogen-bond acceptors (Lipinski definition) is 3. The standard InChI is InChI=1S/C15H25N3O/c1-2-18-9-5-13(6-10-18)11-17-14(19)15(12-16)7-3-4-8-15/h13H,2-11H2,1H3,(H,17,19). The van der Waals surface area contributed by atoms with Gasteiger partial charge in [-0.3, -0.25) is 4.79 Å². The van der Waals surface area contributed by atoms with E-state index in [2.05, 4.69) is 23.2 Å². The van der Waals surface area contributed by atoms with E-state index in [1.54, 1.807) is 0 Å². The number of nitrogens with one attached hydrogen (secondary N) is 1. The lowest BCUT2D eigenvalue weighted by Gasteiger charge is -2.31. The Labute approximate surface area is 116 Å². The van der Waals surface area contributed by atoms with E-state index in [1.807, 2.05) is 0 Å². The Morgan fingerprint density at radius 1 is 1.37 bits per heavy atom. The highest BCUT2D eigenvalue weighted by Crippen LogP contribution is 2.37. The molecule has 0 unspecified atom stereocenters. The Hall–Kier alpha value is -1.08. The highest BCUT2D eigenvalue weighted by atomic mass is 16.2. The van der Waals surface area contributed by atoms with Gasteiger partial charge in [0.15, 0.2) is 0 Å². The molecule has 1 heterocycles. The first-order valence-electron chi connectivity index (χ1n) is 7.62. The van der Waals surface area contributed by atoms with Crippen molar-refractivity contribution in [1.29, 1.82) is 5.26 Å². The molecule has 106 valence electrons. The normalized spacial score (nSPS) is 24.0. The average Bonchev–Trinajstić information content (AvgIpc) is 2.95. The molecule has 0 aromatic heterocycles. The maximum atomic E-state index is 12.2. The molecule has 19 heavy (non-hydrogen) atoms. The summed E-state index contributed by atoms with van der Waals surface area (Å²) in [6, 6.07) is 2.26. The number of hydrogen-bond donors (Lipinski definition) is 1. The molecule has 1 N–H and O–H groups in total. The summed E-state index contributed by atoms with van der Waals surface area (Å²) in [5.41, 5.74) is -0.718. The number of nitriles is 1. The molecule has 2 rings (SSSR count). The second-order valence-electron chi connectivity index (χ2n) is 5.99. The van der Waals surface area contributed by atoms with Crippen LogP contribution in [0.25, 0.3) is 0 Å². The van der Waals surface area contributed by atoms with E-state index in [-0.39, 0.29) is 5.91 Å². The Morgan fingerprint density at radius 3 is 2.53 bits per heavy atom. The van der Waals surface area contributed by atoms with E-state index in [1.165, 1.54) is 0 Å². The second-order valence-corrected chi connectivity index (χ2v) is 5.99. The van der Waals surface area contributed by atoms with Crippen molar-refractivity contribution in [3.8, 4) is 6.07 Å². The molecule has 4 nitrogen and oxygen atoms in total. The van der Waals surface area contributed by atoms with E-state index < -0.39 is 5.41 Å². The molecule has 1 aliphatic heterocycles. The Bertz CT molecular complexity index is 347. The summed E-state index contributed by atoms with van der Waals surface area (Å²) in [6.07, 6.45) is 5.82. The molecule has 2 fully saturated rings. The smallest absolute Gasteiger partial charge is 0.240 e. The SMILES string of the molecule is CCN1CCC(CNC(=O)C2(C#N)CCCC2)CC1. The van der Waals surface area contributed by atoms with Crippen LogP contribution in [0, 0.1) is 22.7 Å². The Morgan fingerprint density at radius 2 is 2.00 bits per heavy atom. The topological polar surface area (TPSA) is 56.1 Å². The molecular formula is C15H25N3O. The summed E-state index contributed by atoms with van der Waals surface area (Å²) in [7, 11) is 0. The van der Waals surface area contributed by atoms with Gasteiger partial charge >= 0.3 is 0 Å². The summed E-state index contributed by atoms with van der Waals surface area (Å²) in [5.74, 6) is 0.564. The fourth-order valence-electron chi connectivity index (χ4n) is 3.28. The van der Waals surface area contributed by atoms with E-state index in [0.29, 0.717) is 5.92 Å². The maximum Gasteiger partial charge on any atom is 0.240 e. The minimum atomic E-state index is -0.718. The summed E-state index contributed by atoms with van der Waals surface area (Å²) >= 11 is 0. The van der Waals surface area contributed by atoms with Crippen LogP contribution < -0.4 is 5.32 Å². The highest BCUT2D eigenvalue weighted by molar-refractivity contribution is 5.85. The Balaban J connectivity index is 1.77. The molecule has 0 aromatic carbocycles. The van der Waals surface area contributed by atoms with E-state index in [9.17, 15) is 10.1 Å². The van der Waals surface area contributed by atoms with Gasteiger partial charge in [0, 0.05) is 6.54 Å². The van der Waals surface area contributed by atoms with Gasteiger partial charge in [0.1, 0.15) is 5.41 Å². The zero-order valence-corrected chi connectivity index (χ0v) is 12.0. The first-order valence-corrected chi connectivity index (χ1v) is 7.62. The van der Waals surface area contributed by atoms with E-state index >= 15 is 0 Å². The zero-order chi connectivity index (χ0) is 13.7. The van der Waals surface area contributed by atoms with Crippen LogP contribution in [0.3, 0.4) is 0 Å². The number of amides is 1. The van der Waals surface area contributed by atoms with Crippen molar-refractivity contribution in [2.75, 3.05) is 26.2 Å². The fraction of sp³-hybridized carbons (Fsp3) is 0.867. The van der Waals surface area contributed by atoms with Gasteiger partial charge in [-0.2, -0.15) is 5.26 Å². The van der Waals surface area contributed by atoms with Gasteiger partial charge in [0.2, 0.25) is 5.91 Å². The quantitative estimate of drug-likeness (QED) is 0.843. The van der Waals surface area contributed by atoms with Crippen LogP contribution in [-0.4, -0.2) is 37.0 Å². The molecule has 0 bridgehead atoms. The monoisotopic (exact) mass is 263 g/mol. The van der Waals surface area contributed by atoms with Gasteiger partial charge in [0.05, 0.1) is 6.07 Å². The zero-order valence-electron chi connectivity index (χ0n) is 12.0. The predicted octanol–water partition coefficient (Wildman–Crippen LogP) is 1.92. The minimum Gasteiger partial charge on any atom is -0.354 e. The molecule has 1 aliphatic carbocycles. The van der Waals surface area contributed by atoms with Gasteiger partial charge in [-0.05, 0) is 51.2 Å². The van der Waals surface area contributed by atoms with E-state index in [4.69, 9.17) is 0 Å². The molecule has 0 atom stereocenters. The van der Waals surface area contributed by atoms with Crippen molar-refractivity contribution in [2.45, 2.75) is 45.4 Å². The van der Waals surface area contributed by atoms with Gasteiger partial charge in [-0.1, -0.05) is 19.8 Å². The summed E-state index contributed by atoms with van der Waals surface area (Å²) < 4.78 is 0. The lowest BCUT2D eigenvalue weighted by atomic mass is 9.86. The summed E-state index contributed by atoms with van der Waals surface area (Å²) in [5, 5.41) is 12.3. The first kappa shape index (κ1) is 14.3. The number of carbonyl (C=O) groups excluding carboxylic acids is 1. The van der Waals surface area contributed by atoms with Crippen molar-refractivity contribution in [2.24, 2.45) is 11.3 Å². The number of piperidine rings is 1. The van der Waals surface area contributed by atoms with Gasteiger partial charge < -0.3 is 10.2 Å². The van der Waals surface area contributed by atoms with Crippen molar-refractivity contribution in [3.63, 3.8) is 0 Å². The average molecular weight is 263 g/mol. The first-order chi connectivity index (χ1) is 9.20. The number of likely N-dealkylation sites (tertiary alicyclic amines) is 1. The van der Waals surface area contributed by atoms with Crippen LogP contribution in [0.15, 0.2) is 0 Å². The third-order valence-electron chi connectivity index (χ3n) is 4.81. The van der Waals surface area contributed by atoms with Crippen LogP contribution in [-0.2, 0) is 4.79 Å². The van der Waals surface area contributed by atoms with E-state index in [0.717, 1.165) is 64.7 Å². The largest absolute Gasteiger partial charge is 0.354 e. The highest BCUT2D eigenvalue weighted by Gasteiger charge is 2.41. The van der Waals surface area contributed by atoms with Crippen molar-refractivity contribution < 1.29 is 4.79 Å². The number of carbonyl (C=O) groups is 1. The van der Waals surface area contributed by atoms with Crippen molar-refractivity contribution in [1.82, 2.24) is 10.2 Å². The van der Waals surface area contributed by atoms with Crippen LogP contribution in [0.4, 0.5) is 0 Å². The third kappa shape index (κ3) is 3.27. The third-order valence-corrected chi connectivity index (χ3v) is 4.81. The lowest BCUT2D eigenvalue weighted by molar-refractivity contribution is -0.128. The molecule has 1 amide bonds. The van der Waals surface area contributed by atoms with Crippen LogP contribution in [0.1, 0.15) is 45.4 Å². The number of nitrogens with zero attached hydrogens (tertiary/aromatic N) is 2. The molecule has 2 aliphatic rings. The molecule has 1 saturated carbocycles. The van der Waals surface area contributed by atoms with Gasteiger partial charge in [-0.25, -0.2) is 0 Å². The predicted molar refractivity (Wildman–Crippen MR) is 74.4 cm³/mol. The summed E-state index contributed by atoms with van der Waals surface area (Å²) in [6.45, 7) is 6.34. The maximum absolute atomic E-state index is 12.2. The van der Waals surface area contributed by atoms with Crippen molar-refractivity contribution in [3.05, 3.63) is 0 Å². The molecule has 0 spiro atoms. The second kappa shape index (κ2) is 6.38. The van der Waals surface area contributed by atoms with Crippen LogP contribution in [0.5, 0.6) is 0 Å². The summed E-state index contributed by atoms with van der Waals surface area (Å²) in [4.78, 5) is 14.7. The molecule has 4 heteroatoms. The van der Waals surface area contributed by atoms with Gasteiger partial charge in [-0.15, -0.1) is 0 Å². The molecule has 0 radical (unpaired) electrons. The molecule has 0 aromatic rings. The minimum absolute atomic E-state index is 0.0228. The Kier molecular flexibility index (Phi) is 4.81. The lowest BCUT2D eigenvalue weighted by Crippen LogP contribution is -2.43.